The van der Waals surface area contributed by atoms with Crippen LogP contribution < -0.4 is 9.64 Å². The second-order valence-electron chi connectivity index (χ2n) is 7.54. The lowest BCUT2D eigenvalue weighted by Gasteiger charge is -2.31. The Balaban J connectivity index is 1.28. The fourth-order valence-electron chi connectivity index (χ4n) is 3.81. The lowest BCUT2D eigenvalue weighted by molar-refractivity contribution is -0.917. The topological polar surface area (TPSA) is 34.0 Å². The molecule has 27 heavy (non-hydrogen) atoms. The van der Waals surface area contributed by atoms with Crippen LogP contribution in [-0.2, 0) is 17.8 Å². The first-order valence-corrected chi connectivity index (χ1v) is 9.79. The molecule has 1 fully saturated rings. The maximum atomic E-state index is 12.4. The molecule has 2 aromatic rings. The first-order chi connectivity index (χ1) is 13.2. The summed E-state index contributed by atoms with van der Waals surface area (Å²) >= 11 is 0. The molecule has 0 bridgehead atoms. The van der Waals surface area contributed by atoms with E-state index in [0.29, 0.717) is 0 Å². The van der Waals surface area contributed by atoms with Crippen molar-refractivity contribution in [1.82, 2.24) is 4.90 Å². The van der Waals surface area contributed by atoms with E-state index in [2.05, 4.69) is 37.3 Å². The van der Waals surface area contributed by atoms with Gasteiger partial charge in [-0.05, 0) is 42.3 Å². The van der Waals surface area contributed by atoms with Crippen LogP contribution in [0.15, 0.2) is 48.5 Å². The summed E-state index contributed by atoms with van der Waals surface area (Å²) in [6.45, 7) is 7.53. The van der Waals surface area contributed by atoms with Crippen LogP contribution in [0.4, 0.5) is 0 Å². The Labute approximate surface area is 161 Å². The molecule has 140 valence electrons. The zero-order valence-corrected chi connectivity index (χ0v) is 15.9. The predicted molar refractivity (Wildman–Crippen MR) is 107 cm³/mol. The van der Waals surface area contributed by atoms with Crippen LogP contribution in [0, 0.1) is 6.92 Å². The molecule has 2 aliphatic rings. The highest BCUT2D eigenvalue weighted by molar-refractivity contribution is 5.91. The van der Waals surface area contributed by atoms with Gasteiger partial charge in [-0.15, -0.1) is 0 Å². The number of amides is 1. The number of nitrogens with zero attached hydrogens (tertiary/aromatic N) is 1. The molecule has 2 aliphatic heterocycles. The smallest absolute Gasteiger partial charge is 0.246 e. The number of hydrogen-bond acceptors (Lipinski definition) is 2. The van der Waals surface area contributed by atoms with Crippen molar-refractivity contribution >= 4 is 12.0 Å². The summed E-state index contributed by atoms with van der Waals surface area (Å²) in [5.41, 5.74) is 5.00. The summed E-state index contributed by atoms with van der Waals surface area (Å²) in [7, 11) is 0. The van der Waals surface area contributed by atoms with E-state index in [1.165, 1.54) is 16.7 Å². The molecule has 0 aliphatic carbocycles. The van der Waals surface area contributed by atoms with Crippen molar-refractivity contribution in [3.63, 3.8) is 0 Å². The van der Waals surface area contributed by atoms with E-state index in [1.54, 1.807) is 11.0 Å². The van der Waals surface area contributed by atoms with Gasteiger partial charge in [0.2, 0.25) is 5.91 Å². The summed E-state index contributed by atoms with van der Waals surface area (Å²) in [6, 6.07) is 14.8. The third kappa shape index (κ3) is 4.40. The summed E-state index contributed by atoms with van der Waals surface area (Å²) < 4.78 is 5.59. The monoisotopic (exact) mass is 363 g/mol. The SMILES string of the molecule is Cc1ccc(/C=C/C(=O)N2CC[NH+](Cc3ccc4c(c3)CCO4)CC2)cc1. The molecule has 4 nitrogen and oxygen atoms in total. The van der Waals surface area contributed by atoms with E-state index >= 15 is 0 Å². The lowest BCUT2D eigenvalue weighted by Crippen LogP contribution is -3.13. The second-order valence-corrected chi connectivity index (χ2v) is 7.54. The van der Waals surface area contributed by atoms with Gasteiger partial charge in [-0.2, -0.15) is 0 Å². The minimum Gasteiger partial charge on any atom is -0.493 e. The molecule has 2 aromatic carbocycles. The first kappa shape index (κ1) is 17.8. The van der Waals surface area contributed by atoms with Gasteiger partial charge >= 0.3 is 0 Å². The highest BCUT2D eigenvalue weighted by atomic mass is 16.5. The molecule has 4 heteroatoms. The molecule has 0 spiro atoms. The molecular weight excluding hydrogens is 336 g/mol. The molecule has 1 saturated heterocycles. The molecule has 0 aromatic heterocycles. The zero-order valence-electron chi connectivity index (χ0n) is 15.9. The highest BCUT2D eigenvalue weighted by Crippen LogP contribution is 2.25. The van der Waals surface area contributed by atoms with Crippen LogP contribution in [0.2, 0.25) is 0 Å². The van der Waals surface area contributed by atoms with Crippen LogP contribution in [0.25, 0.3) is 6.08 Å². The van der Waals surface area contributed by atoms with Crippen LogP contribution in [0.5, 0.6) is 5.75 Å². The maximum Gasteiger partial charge on any atom is 0.246 e. The number of hydrogen-bond donors (Lipinski definition) is 1. The number of quaternary nitrogens is 1. The van der Waals surface area contributed by atoms with Gasteiger partial charge in [-0.1, -0.05) is 29.8 Å². The lowest BCUT2D eigenvalue weighted by atomic mass is 10.1. The zero-order chi connectivity index (χ0) is 18.6. The number of piperazine rings is 1. The number of benzene rings is 2. The van der Waals surface area contributed by atoms with E-state index < -0.39 is 0 Å². The maximum absolute atomic E-state index is 12.4. The van der Waals surface area contributed by atoms with E-state index in [9.17, 15) is 4.79 Å². The second kappa shape index (κ2) is 7.97. The van der Waals surface area contributed by atoms with Crippen molar-refractivity contribution in [3.8, 4) is 5.75 Å². The summed E-state index contributed by atoms with van der Waals surface area (Å²) in [5, 5.41) is 0. The number of rotatable bonds is 4. The molecular formula is C23H27N2O2+. The molecule has 2 heterocycles. The van der Waals surface area contributed by atoms with Gasteiger partial charge < -0.3 is 14.5 Å². The van der Waals surface area contributed by atoms with Crippen molar-refractivity contribution in [3.05, 3.63) is 70.8 Å². The molecule has 0 unspecified atom stereocenters. The van der Waals surface area contributed by atoms with Gasteiger partial charge in [-0.25, -0.2) is 0 Å². The quantitative estimate of drug-likeness (QED) is 0.842. The third-order valence-electron chi connectivity index (χ3n) is 5.49. The van der Waals surface area contributed by atoms with Crippen LogP contribution in [0.1, 0.15) is 22.3 Å². The number of carbonyl (C=O) groups is 1. The Bertz CT molecular complexity index is 834. The molecule has 0 radical (unpaired) electrons. The van der Waals surface area contributed by atoms with Gasteiger partial charge in [-0.3, -0.25) is 4.79 Å². The van der Waals surface area contributed by atoms with E-state index in [1.807, 2.05) is 23.1 Å². The Hall–Kier alpha value is -2.59. The summed E-state index contributed by atoms with van der Waals surface area (Å²) in [6.07, 6.45) is 4.64. The van der Waals surface area contributed by atoms with Gasteiger partial charge in [0.25, 0.3) is 0 Å². The van der Waals surface area contributed by atoms with Crippen LogP contribution in [0.3, 0.4) is 0 Å². The normalized spacial score (nSPS) is 17.1. The van der Waals surface area contributed by atoms with E-state index in [-0.39, 0.29) is 5.91 Å². The van der Waals surface area contributed by atoms with Crippen molar-refractivity contribution in [2.75, 3.05) is 32.8 Å². The van der Waals surface area contributed by atoms with Gasteiger partial charge in [0.1, 0.15) is 12.3 Å². The van der Waals surface area contributed by atoms with Crippen molar-refractivity contribution in [2.24, 2.45) is 0 Å². The number of nitrogens with one attached hydrogen (secondary N) is 1. The third-order valence-corrected chi connectivity index (χ3v) is 5.49. The highest BCUT2D eigenvalue weighted by Gasteiger charge is 2.23. The molecule has 4 rings (SSSR count). The minimum atomic E-state index is 0.115. The molecule has 1 amide bonds. The fourth-order valence-corrected chi connectivity index (χ4v) is 3.81. The van der Waals surface area contributed by atoms with Gasteiger partial charge in [0.15, 0.2) is 0 Å². The van der Waals surface area contributed by atoms with E-state index in [0.717, 1.165) is 57.1 Å². The number of ether oxygens (including phenoxy) is 1. The Kier molecular flexibility index (Phi) is 5.26. The Morgan fingerprint density at radius 3 is 2.70 bits per heavy atom. The summed E-state index contributed by atoms with van der Waals surface area (Å²) in [4.78, 5) is 16.0. The minimum absolute atomic E-state index is 0.115. The fraction of sp³-hybridized carbons (Fsp3) is 0.348. The average molecular weight is 363 g/mol. The molecule has 0 atom stereocenters. The average Bonchev–Trinajstić information content (AvgIpc) is 3.16. The van der Waals surface area contributed by atoms with Gasteiger partial charge in [0, 0.05) is 18.1 Å². The molecule has 1 N–H and O–H groups in total. The van der Waals surface area contributed by atoms with Gasteiger partial charge in [0.05, 0.1) is 32.8 Å². The number of carbonyl (C=O) groups excluding carboxylic acids is 1. The van der Waals surface area contributed by atoms with Crippen molar-refractivity contribution in [1.29, 1.82) is 0 Å². The molecule has 0 saturated carbocycles. The van der Waals surface area contributed by atoms with Crippen molar-refractivity contribution in [2.45, 2.75) is 19.9 Å². The summed E-state index contributed by atoms with van der Waals surface area (Å²) in [5.74, 6) is 1.16. The standard InChI is InChI=1S/C23H26N2O2/c1-18-2-4-19(5-3-18)7-9-23(26)25-13-11-24(12-14-25)17-20-6-8-22-21(16-20)10-15-27-22/h2-9,16H,10-15,17H2,1H3/p+1/b9-7+. The van der Waals surface area contributed by atoms with Crippen molar-refractivity contribution < 1.29 is 14.4 Å². The van der Waals surface area contributed by atoms with Crippen LogP contribution >= 0.6 is 0 Å². The number of aryl methyl sites for hydroxylation is 1. The largest absolute Gasteiger partial charge is 0.493 e. The predicted octanol–water partition coefficient (Wildman–Crippen LogP) is 1.87. The first-order valence-electron chi connectivity index (χ1n) is 9.79. The number of fused-ring (bicyclic) bond motifs is 1. The Morgan fingerprint density at radius 1 is 1.15 bits per heavy atom. The van der Waals surface area contributed by atoms with E-state index in [4.69, 9.17) is 4.74 Å². The Morgan fingerprint density at radius 2 is 1.93 bits per heavy atom. The van der Waals surface area contributed by atoms with Crippen LogP contribution in [-0.4, -0.2) is 43.6 Å².